The lowest BCUT2D eigenvalue weighted by Crippen LogP contribution is -2.41. The van der Waals surface area contributed by atoms with E-state index in [1.165, 1.54) is 0 Å². The van der Waals surface area contributed by atoms with E-state index >= 15 is 0 Å². The Morgan fingerprint density at radius 1 is 1.39 bits per heavy atom. The number of hydrogen-bond acceptors (Lipinski definition) is 3. The Labute approximate surface area is 107 Å². The van der Waals surface area contributed by atoms with Gasteiger partial charge in [-0.2, -0.15) is 13.1 Å². The van der Waals surface area contributed by atoms with Gasteiger partial charge in [-0.05, 0) is 17.5 Å². The van der Waals surface area contributed by atoms with Crippen molar-refractivity contribution in [2.45, 2.75) is 31.9 Å². The summed E-state index contributed by atoms with van der Waals surface area (Å²) in [6.07, 6.45) is 0.502. The van der Waals surface area contributed by atoms with E-state index in [1.807, 2.05) is 31.2 Å². The van der Waals surface area contributed by atoms with Crippen LogP contribution in [0.5, 0.6) is 0 Å². The lowest BCUT2D eigenvalue weighted by molar-refractivity contribution is 0.151. The van der Waals surface area contributed by atoms with E-state index in [0.717, 1.165) is 17.5 Å². The summed E-state index contributed by atoms with van der Waals surface area (Å²) in [6.45, 7) is 2.28. The van der Waals surface area contributed by atoms with E-state index < -0.39 is 22.4 Å². The number of nitrogens with one attached hydrogen (secondary N) is 2. The van der Waals surface area contributed by atoms with E-state index in [-0.39, 0.29) is 0 Å². The molecule has 0 saturated heterocycles. The number of benzene rings is 1. The lowest BCUT2D eigenvalue weighted by Gasteiger charge is -2.18. The summed E-state index contributed by atoms with van der Waals surface area (Å²) in [5, 5.41) is 9.94. The van der Waals surface area contributed by atoms with Gasteiger partial charge in [0.15, 0.2) is 0 Å². The Hall–Kier alpha value is -0.950. The van der Waals surface area contributed by atoms with E-state index in [9.17, 15) is 13.5 Å². The fourth-order valence-corrected chi connectivity index (χ4v) is 3.34. The fourth-order valence-electron chi connectivity index (χ4n) is 2.16. The average Bonchev–Trinajstić information content (AvgIpc) is 2.63. The van der Waals surface area contributed by atoms with Crippen molar-refractivity contribution in [3.8, 4) is 0 Å². The molecule has 1 aromatic carbocycles. The Balaban J connectivity index is 2.15. The van der Waals surface area contributed by atoms with Gasteiger partial charge >= 0.3 is 0 Å². The normalized spacial score (nSPS) is 23.0. The van der Waals surface area contributed by atoms with E-state index in [2.05, 4.69) is 9.44 Å². The van der Waals surface area contributed by atoms with Crippen LogP contribution in [0.3, 0.4) is 0 Å². The quantitative estimate of drug-likeness (QED) is 0.728. The third-order valence-corrected chi connectivity index (χ3v) is 4.18. The Morgan fingerprint density at radius 2 is 2.11 bits per heavy atom. The van der Waals surface area contributed by atoms with Crippen LogP contribution in [0.4, 0.5) is 0 Å². The molecule has 0 aliphatic heterocycles. The molecule has 18 heavy (non-hydrogen) atoms. The molecule has 2 rings (SSSR count). The smallest absolute Gasteiger partial charge is 0.277 e. The maximum absolute atomic E-state index is 11.8. The molecule has 1 aliphatic rings. The molecule has 0 radical (unpaired) electrons. The summed E-state index contributed by atoms with van der Waals surface area (Å²) >= 11 is 0. The van der Waals surface area contributed by atoms with E-state index in [4.69, 9.17) is 0 Å². The van der Waals surface area contributed by atoms with Gasteiger partial charge < -0.3 is 5.11 Å². The molecule has 100 valence electrons. The van der Waals surface area contributed by atoms with Gasteiger partial charge in [-0.1, -0.05) is 31.2 Å². The van der Waals surface area contributed by atoms with Crippen molar-refractivity contribution >= 4 is 10.2 Å². The zero-order valence-electron chi connectivity index (χ0n) is 10.3. The van der Waals surface area contributed by atoms with Gasteiger partial charge in [0, 0.05) is 13.0 Å². The first-order valence-electron chi connectivity index (χ1n) is 6.06. The number of hydrogen-bond donors (Lipinski definition) is 3. The Kier molecular flexibility index (Phi) is 4.01. The monoisotopic (exact) mass is 270 g/mol. The van der Waals surface area contributed by atoms with Gasteiger partial charge in [0.1, 0.15) is 0 Å². The Morgan fingerprint density at radius 3 is 2.83 bits per heavy atom. The van der Waals surface area contributed by atoms with Gasteiger partial charge in [0.25, 0.3) is 10.2 Å². The lowest BCUT2D eigenvalue weighted by atomic mass is 10.1. The molecule has 0 amide bonds. The topological polar surface area (TPSA) is 78.4 Å². The van der Waals surface area contributed by atoms with Crippen molar-refractivity contribution in [1.82, 2.24) is 9.44 Å². The minimum absolute atomic E-state index is 0.389. The van der Waals surface area contributed by atoms with Crippen LogP contribution in [0.25, 0.3) is 0 Å². The van der Waals surface area contributed by atoms with E-state index in [1.54, 1.807) is 0 Å². The molecule has 0 unspecified atom stereocenters. The molecule has 6 heteroatoms. The molecule has 2 atom stereocenters. The molecule has 1 aliphatic carbocycles. The highest BCUT2D eigenvalue weighted by Crippen LogP contribution is 2.31. The van der Waals surface area contributed by atoms with Crippen LogP contribution in [-0.2, 0) is 16.6 Å². The van der Waals surface area contributed by atoms with Gasteiger partial charge in [-0.15, -0.1) is 0 Å². The van der Waals surface area contributed by atoms with Crippen LogP contribution in [0, 0.1) is 0 Å². The van der Waals surface area contributed by atoms with Crippen molar-refractivity contribution in [2.24, 2.45) is 0 Å². The molecule has 5 nitrogen and oxygen atoms in total. The maximum atomic E-state index is 11.8. The molecule has 0 saturated carbocycles. The molecule has 3 N–H and O–H groups in total. The molecule has 0 bridgehead atoms. The highest BCUT2D eigenvalue weighted by atomic mass is 32.2. The van der Waals surface area contributed by atoms with Crippen LogP contribution >= 0.6 is 0 Å². The summed E-state index contributed by atoms with van der Waals surface area (Å²) in [5.41, 5.74) is 1.85. The minimum atomic E-state index is -3.56. The predicted octanol–water partition coefficient (Wildman–Crippen LogP) is 0.479. The van der Waals surface area contributed by atoms with E-state index in [0.29, 0.717) is 13.0 Å². The zero-order valence-corrected chi connectivity index (χ0v) is 11.1. The van der Waals surface area contributed by atoms with Crippen molar-refractivity contribution in [2.75, 3.05) is 6.54 Å². The molecule has 0 spiro atoms. The van der Waals surface area contributed by atoms with Crippen molar-refractivity contribution in [3.05, 3.63) is 35.4 Å². The third kappa shape index (κ3) is 2.89. The molecule has 0 heterocycles. The summed E-state index contributed by atoms with van der Waals surface area (Å²) in [7, 11) is -3.56. The maximum Gasteiger partial charge on any atom is 0.277 e. The first-order chi connectivity index (χ1) is 8.53. The van der Waals surface area contributed by atoms with Gasteiger partial charge in [0.2, 0.25) is 0 Å². The van der Waals surface area contributed by atoms with Crippen molar-refractivity contribution in [3.63, 3.8) is 0 Å². The largest absolute Gasteiger partial charge is 0.391 e. The highest BCUT2D eigenvalue weighted by Gasteiger charge is 2.33. The number of fused-ring (bicyclic) bond motifs is 1. The standard InChI is InChI=1S/C12H18N2O3S/c1-2-7-13-18(16,17)14-12-10-6-4-3-5-9(10)8-11(12)15/h3-6,11-15H,2,7-8H2,1H3/t11-,12+/m0/s1. The summed E-state index contributed by atoms with van der Waals surface area (Å²) in [5.74, 6) is 0. The third-order valence-electron chi connectivity index (χ3n) is 3.03. The number of rotatable bonds is 5. The Bertz CT molecular complexity index is 516. The first kappa shape index (κ1) is 13.5. The second kappa shape index (κ2) is 5.36. The molecule has 0 fully saturated rings. The second-order valence-electron chi connectivity index (χ2n) is 4.46. The van der Waals surface area contributed by atoms with Crippen molar-refractivity contribution in [1.29, 1.82) is 0 Å². The second-order valence-corrected chi connectivity index (χ2v) is 5.99. The highest BCUT2D eigenvalue weighted by molar-refractivity contribution is 7.87. The van der Waals surface area contributed by atoms with Gasteiger partial charge in [-0.25, -0.2) is 4.72 Å². The minimum Gasteiger partial charge on any atom is -0.391 e. The first-order valence-corrected chi connectivity index (χ1v) is 7.54. The average molecular weight is 270 g/mol. The summed E-state index contributed by atoms with van der Waals surface area (Å²) < 4.78 is 28.5. The van der Waals surface area contributed by atoms with Crippen LogP contribution in [-0.4, -0.2) is 26.2 Å². The summed E-state index contributed by atoms with van der Waals surface area (Å²) in [4.78, 5) is 0. The van der Waals surface area contributed by atoms with Crippen LogP contribution in [0.2, 0.25) is 0 Å². The molecular weight excluding hydrogens is 252 g/mol. The fraction of sp³-hybridized carbons (Fsp3) is 0.500. The molecular formula is C12H18N2O3S. The summed E-state index contributed by atoms with van der Waals surface area (Å²) in [6, 6.07) is 6.93. The zero-order chi connectivity index (χ0) is 13.2. The van der Waals surface area contributed by atoms with Crippen molar-refractivity contribution < 1.29 is 13.5 Å². The number of aliphatic hydroxyl groups excluding tert-OH is 1. The SMILES string of the molecule is CCCNS(=O)(=O)N[C@@H]1c2ccccc2C[C@@H]1O. The predicted molar refractivity (Wildman–Crippen MR) is 69.2 cm³/mol. The van der Waals surface area contributed by atoms with Gasteiger partial charge in [0.05, 0.1) is 12.1 Å². The van der Waals surface area contributed by atoms with Crippen LogP contribution in [0.15, 0.2) is 24.3 Å². The molecule has 0 aromatic heterocycles. The van der Waals surface area contributed by atoms with Crippen LogP contribution < -0.4 is 9.44 Å². The van der Waals surface area contributed by atoms with Crippen LogP contribution in [0.1, 0.15) is 30.5 Å². The van der Waals surface area contributed by atoms with Gasteiger partial charge in [-0.3, -0.25) is 0 Å². The molecule has 1 aromatic rings. The number of aliphatic hydroxyl groups is 1.